The van der Waals surface area contributed by atoms with E-state index in [1.54, 1.807) is 0 Å². The van der Waals surface area contributed by atoms with Crippen molar-refractivity contribution < 1.29 is 4.79 Å². The van der Waals surface area contributed by atoms with Gasteiger partial charge in [0.05, 0.1) is 0 Å². The molecular weight excluding hydrogens is 184 g/mol. The van der Waals surface area contributed by atoms with Crippen molar-refractivity contribution >= 4 is 5.78 Å². The molecule has 0 aromatic heterocycles. The number of carbonyl (C=O) groups is 1. The molecule has 0 saturated heterocycles. The zero-order valence-corrected chi connectivity index (χ0v) is 10.0. The van der Waals surface area contributed by atoms with Crippen LogP contribution in [0.15, 0.2) is 11.6 Å². The molecule has 2 aliphatic carbocycles. The second kappa shape index (κ2) is 4.11. The molecule has 15 heavy (non-hydrogen) atoms. The standard InChI is InChI=1S/C14H22O/c1-11-7-6-10-14(2)12(11)8-4-3-5-9-13(14)15/h7,12H,3-6,8-10H2,1-2H3/t12-,14+/m0/s1. The molecule has 1 saturated carbocycles. The van der Waals surface area contributed by atoms with Gasteiger partial charge in [-0.15, -0.1) is 0 Å². The second-order valence-corrected chi connectivity index (χ2v) is 5.48. The molecule has 0 bridgehead atoms. The van der Waals surface area contributed by atoms with Crippen LogP contribution in [0.3, 0.4) is 0 Å². The SMILES string of the molecule is CC1=CCC[C@@]2(C)C(=O)CCCCC[C@@H]12. The monoisotopic (exact) mass is 206 g/mol. The minimum atomic E-state index is -0.0285. The first-order valence-corrected chi connectivity index (χ1v) is 6.34. The maximum Gasteiger partial charge on any atom is 0.139 e. The van der Waals surface area contributed by atoms with Crippen molar-refractivity contribution in [3.05, 3.63) is 11.6 Å². The summed E-state index contributed by atoms with van der Waals surface area (Å²) >= 11 is 0. The summed E-state index contributed by atoms with van der Waals surface area (Å²) in [5.74, 6) is 1.07. The normalized spacial score (nSPS) is 37.6. The minimum Gasteiger partial charge on any atom is -0.299 e. The van der Waals surface area contributed by atoms with E-state index in [9.17, 15) is 4.79 Å². The Morgan fingerprint density at radius 1 is 1.33 bits per heavy atom. The van der Waals surface area contributed by atoms with Gasteiger partial charge in [-0.05, 0) is 38.5 Å². The van der Waals surface area contributed by atoms with Gasteiger partial charge in [0.15, 0.2) is 0 Å². The van der Waals surface area contributed by atoms with E-state index in [1.807, 2.05) is 0 Å². The molecule has 1 nitrogen and oxygen atoms in total. The van der Waals surface area contributed by atoms with Crippen LogP contribution in [0.25, 0.3) is 0 Å². The van der Waals surface area contributed by atoms with E-state index >= 15 is 0 Å². The molecule has 0 N–H and O–H groups in total. The first kappa shape index (κ1) is 10.9. The van der Waals surface area contributed by atoms with E-state index in [-0.39, 0.29) is 5.41 Å². The average molecular weight is 206 g/mol. The van der Waals surface area contributed by atoms with Crippen LogP contribution in [0.4, 0.5) is 0 Å². The third-order valence-corrected chi connectivity index (χ3v) is 4.48. The summed E-state index contributed by atoms with van der Waals surface area (Å²) in [4.78, 5) is 12.2. The second-order valence-electron chi connectivity index (χ2n) is 5.48. The van der Waals surface area contributed by atoms with Gasteiger partial charge >= 0.3 is 0 Å². The van der Waals surface area contributed by atoms with Gasteiger partial charge in [-0.3, -0.25) is 4.79 Å². The molecule has 2 aliphatic rings. The predicted molar refractivity (Wildman–Crippen MR) is 62.7 cm³/mol. The topological polar surface area (TPSA) is 17.1 Å². The van der Waals surface area contributed by atoms with Crippen LogP contribution < -0.4 is 0 Å². The molecule has 1 fully saturated rings. The molecule has 0 aromatic carbocycles. The van der Waals surface area contributed by atoms with Crippen LogP contribution in [0.1, 0.15) is 58.8 Å². The quantitative estimate of drug-likeness (QED) is 0.550. The zero-order valence-electron chi connectivity index (χ0n) is 10.0. The predicted octanol–water partition coefficient (Wildman–Crippen LogP) is 3.88. The van der Waals surface area contributed by atoms with Crippen molar-refractivity contribution in [2.75, 3.05) is 0 Å². The van der Waals surface area contributed by atoms with Gasteiger partial charge in [0.1, 0.15) is 5.78 Å². The third kappa shape index (κ3) is 1.89. The molecular formula is C14H22O. The molecule has 2 rings (SSSR count). The lowest BCUT2D eigenvalue weighted by molar-refractivity contribution is -0.131. The Morgan fingerprint density at radius 3 is 2.93 bits per heavy atom. The highest BCUT2D eigenvalue weighted by atomic mass is 16.1. The molecule has 1 heteroatoms. The van der Waals surface area contributed by atoms with Gasteiger partial charge in [0.25, 0.3) is 0 Å². The maximum atomic E-state index is 12.2. The smallest absolute Gasteiger partial charge is 0.139 e. The van der Waals surface area contributed by atoms with Crippen molar-refractivity contribution in [2.45, 2.75) is 58.8 Å². The molecule has 84 valence electrons. The van der Waals surface area contributed by atoms with E-state index in [0.29, 0.717) is 11.7 Å². The van der Waals surface area contributed by atoms with Crippen LogP contribution in [-0.4, -0.2) is 5.78 Å². The molecule has 0 heterocycles. The third-order valence-electron chi connectivity index (χ3n) is 4.48. The molecule has 0 aromatic rings. The number of rotatable bonds is 0. The van der Waals surface area contributed by atoms with Crippen molar-refractivity contribution in [1.82, 2.24) is 0 Å². The van der Waals surface area contributed by atoms with Gasteiger partial charge in [0.2, 0.25) is 0 Å². The van der Waals surface area contributed by atoms with E-state index in [1.165, 1.54) is 24.8 Å². The summed E-state index contributed by atoms with van der Waals surface area (Å²) in [7, 11) is 0. The van der Waals surface area contributed by atoms with E-state index in [0.717, 1.165) is 25.7 Å². The van der Waals surface area contributed by atoms with Crippen LogP contribution in [0.2, 0.25) is 0 Å². The van der Waals surface area contributed by atoms with E-state index in [2.05, 4.69) is 19.9 Å². The van der Waals surface area contributed by atoms with Crippen LogP contribution in [0, 0.1) is 11.3 Å². The molecule has 0 spiro atoms. The van der Waals surface area contributed by atoms with Gasteiger partial charge in [-0.1, -0.05) is 31.4 Å². The van der Waals surface area contributed by atoms with Crippen molar-refractivity contribution in [2.24, 2.45) is 11.3 Å². The zero-order chi connectivity index (χ0) is 10.9. The highest BCUT2D eigenvalue weighted by Gasteiger charge is 2.42. The fourth-order valence-corrected chi connectivity index (χ4v) is 3.40. The largest absolute Gasteiger partial charge is 0.299 e. The van der Waals surface area contributed by atoms with Crippen LogP contribution >= 0.6 is 0 Å². The Hall–Kier alpha value is -0.590. The number of Topliss-reactive ketones (excluding diaryl/α,β-unsaturated/α-hetero) is 1. The lowest BCUT2D eigenvalue weighted by atomic mass is 9.62. The highest BCUT2D eigenvalue weighted by Crippen LogP contribution is 2.46. The average Bonchev–Trinajstić information content (AvgIpc) is 2.19. The highest BCUT2D eigenvalue weighted by molar-refractivity contribution is 5.85. The molecule has 2 atom stereocenters. The van der Waals surface area contributed by atoms with Gasteiger partial charge in [-0.25, -0.2) is 0 Å². The fraction of sp³-hybridized carbons (Fsp3) is 0.786. The number of carbonyl (C=O) groups excluding carboxylic acids is 1. The van der Waals surface area contributed by atoms with E-state index < -0.39 is 0 Å². The summed E-state index contributed by atoms with van der Waals surface area (Å²) in [6.45, 7) is 4.43. The Bertz CT molecular complexity index is 290. The summed E-state index contributed by atoms with van der Waals surface area (Å²) in [5, 5.41) is 0. The van der Waals surface area contributed by atoms with Crippen LogP contribution in [-0.2, 0) is 4.79 Å². The molecule has 0 aliphatic heterocycles. The Morgan fingerprint density at radius 2 is 2.13 bits per heavy atom. The fourth-order valence-electron chi connectivity index (χ4n) is 3.40. The van der Waals surface area contributed by atoms with E-state index in [4.69, 9.17) is 0 Å². The molecule has 0 unspecified atom stereocenters. The van der Waals surface area contributed by atoms with Gasteiger partial charge < -0.3 is 0 Å². The lowest BCUT2D eigenvalue weighted by Crippen LogP contribution is -2.39. The van der Waals surface area contributed by atoms with Crippen molar-refractivity contribution in [3.63, 3.8) is 0 Å². The number of hydrogen-bond acceptors (Lipinski definition) is 1. The van der Waals surface area contributed by atoms with Gasteiger partial charge in [0, 0.05) is 11.8 Å². The maximum absolute atomic E-state index is 12.2. The summed E-state index contributed by atoms with van der Waals surface area (Å²) in [5.41, 5.74) is 1.44. The van der Waals surface area contributed by atoms with Gasteiger partial charge in [-0.2, -0.15) is 0 Å². The van der Waals surface area contributed by atoms with Crippen molar-refractivity contribution in [1.29, 1.82) is 0 Å². The lowest BCUT2D eigenvalue weighted by Gasteiger charge is -2.41. The molecule has 0 amide bonds. The number of hydrogen-bond donors (Lipinski definition) is 0. The Kier molecular flexibility index (Phi) is 2.99. The Labute approximate surface area is 92.9 Å². The summed E-state index contributed by atoms with van der Waals surface area (Å²) in [6, 6.07) is 0. The van der Waals surface area contributed by atoms with Crippen molar-refractivity contribution in [3.8, 4) is 0 Å². The van der Waals surface area contributed by atoms with Crippen LogP contribution in [0.5, 0.6) is 0 Å². The number of ketones is 1. The molecule has 0 radical (unpaired) electrons. The first-order chi connectivity index (χ1) is 7.14. The Balaban J connectivity index is 2.29. The minimum absolute atomic E-state index is 0.0285. The summed E-state index contributed by atoms with van der Waals surface area (Å²) in [6.07, 6.45) is 10.2. The number of allylic oxidation sites excluding steroid dienone is 2. The first-order valence-electron chi connectivity index (χ1n) is 6.34. The number of fused-ring (bicyclic) bond motifs is 1. The summed E-state index contributed by atoms with van der Waals surface area (Å²) < 4.78 is 0.